The zero-order chi connectivity index (χ0) is 10.7. The summed E-state index contributed by atoms with van der Waals surface area (Å²) in [6.45, 7) is 1.49. The number of rotatable bonds is 3. The van der Waals surface area contributed by atoms with Gasteiger partial charge < -0.3 is 9.64 Å². The highest BCUT2D eigenvalue weighted by molar-refractivity contribution is 5.82. The zero-order valence-electron chi connectivity index (χ0n) is 8.85. The Morgan fingerprint density at radius 3 is 2.73 bits per heavy atom. The van der Waals surface area contributed by atoms with Crippen molar-refractivity contribution in [3.63, 3.8) is 0 Å². The van der Waals surface area contributed by atoms with Crippen molar-refractivity contribution in [3.8, 4) is 0 Å². The lowest BCUT2D eigenvalue weighted by atomic mass is 10.2. The third-order valence-electron chi connectivity index (χ3n) is 2.75. The topological polar surface area (TPSA) is 29.5 Å². The van der Waals surface area contributed by atoms with Crippen molar-refractivity contribution < 1.29 is 9.53 Å². The summed E-state index contributed by atoms with van der Waals surface area (Å²) in [4.78, 5) is 13.6. The number of hydrogen-bond acceptors (Lipinski definition) is 2. The van der Waals surface area contributed by atoms with Crippen LogP contribution in [0.4, 0.5) is 0 Å². The Kier molecular flexibility index (Phi) is 3.02. The average molecular weight is 205 g/mol. The average Bonchev–Trinajstić information content (AvgIpc) is 2.62. The highest BCUT2D eigenvalue weighted by Gasteiger charge is 2.31. The second-order valence-corrected chi connectivity index (χ2v) is 3.76. The first-order valence-electron chi connectivity index (χ1n) is 5.17. The lowest BCUT2D eigenvalue weighted by Crippen LogP contribution is -2.29. The van der Waals surface area contributed by atoms with Crippen LogP contribution in [0.1, 0.15) is 12.0 Å². The highest BCUT2D eigenvalue weighted by Crippen LogP contribution is 2.16. The second kappa shape index (κ2) is 4.45. The van der Waals surface area contributed by atoms with E-state index in [1.807, 2.05) is 35.2 Å². The standard InChI is InChI=1S/C12H15NO2/c1-15-11-7-8-13(12(11)14)9-10-5-3-2-4-6-10/h2-6,11H,7-9H2,1H3. The summed E-state index contributed by atoms with van der Waals surface area (Å²) < 4.78 is 5.10. The Morgan fingerprint density at radius 1 is 1.40 bits per heavy atom. The highest BCUT2D eigenvalue weighted by atomic mass is 16.5. The van der Waals surface area contributed by atoms with Crippen molar-refractivity contribution in [2.24, 2.45) is 0 Å². The molecular weight excluding hydrogens is 190 g/mol. The first kappa shape index (κ1) is 10.2. The van der Waals surface area contributed by atoms with E-state index in [2.05, 4.69) is 0 Å². The van der Waals surface area contributed by atoms with E-state index in [9.17, 15) is 4.79 Å². The molecule has 1 fully saturated rings. The molecular formula is C12H15NO2. The fourth-order valence-electron chi connectivity index (χ4n) is 1.89. The number of nitrogens with zero attached hydrogens (tertiary/aromatic N) is 1. The molecule has 1 amide bonds. The normalized spacial score (nSPS) is 21.0. The summed E-state index contributed by atoms with van der Waals surface area (Å²) in [6.07, 6.45) is 0.580. The summed E-state index contributed by atoms with van der Waals surface area (Å²) in [6, 6.07) is 10.0. The molecule has 1 heterocycles. The summed E-state index contributed by atoms with van der Waals surface area (Å²) in [5.41, 5.74) is 1.17. The molecule has 0 aromatic heterocycles. The lowest BCUT2D eigenvalue weighted by molar-refractivity contribution is -0.136. The van der Waals surface area contributed by atoms with Gasteiger partial charge in [-0.2, -0.15) is 0 Å². The Balaban J connectivity index is 2.00. The number of amides is 1. The quantitative estimate of drug-likeness (QED) is 0.747. The molecule has 1 aliphatic rings. The molecule has 0 saturated carbocycles. The van der Waals surface area contributed by atoms with Gasteiger partial charge in [-0.3, -0.25) is 4.79 Å². The zero-order valence-corrected chi connectivity index (χ0v) is 8.85. The van der Waals surface area contributed by atoms with E-state index in [4.69, 9.17) is 4.74 Å². The smallest absolute Gasteiger partial charge is 0.252 e. The Labute approximate surface area is 89.7 Å². The van der Waals surface area contributed by atoms with Crippen LogP contribution in [-0.2, 0) is 16.1 Å². The SMILES string of the molecule is COC1CCN(Cc2ccccc2)C1=O. The van der Waals surface area contributed by atoms with E-state index < -0.39 is 0 Å². The summed E-state index contributed by atoms with van der Waals surface area (Å²) in [7, 11) is 1.59. The minimum atomic E-state index is -0.228. The Hall–Kier alpha value is -1.35. The molecule has 1 aromatic rings. The predicted molar refractivity (Wildman–Crippen MR) is 57.3 cm³/mol. The lowest BCUT2D eigenvalue weighted by Gasteiger charge is -2.16. The third kappa shape index (κ3) is 2.18. The van der Waals surface area contributed by atoms with Gasteiger partial charge >= 0.3 is 0 Å². The van der Waals surface area contributed by atoms with Crippen molar-refractivity contribution in [2.45, 2.75) is 19.1 Å². The summed E-state index contributed by atoms with van der Waals surface area (Å²) in [5.74, 6) is 0.112. The maximum absolute atomic E-state index is 11.7. The molecule has 3 heteroatoms. The molecule has 1 atom stereocenters. The molecule has 1 aliphatic heterocycles. The first-order valence-corrected chi connectivity index (χ1v) is 5.17. The number of likely N-dealkylation sites (tertiary alicyclic amines) is 1. The molecule has 1 aromatic carbocycles. The molecule has 0 N–H and O–H groups in total. The summed E-state index contributed by atoms with van der Waals surface area (Å²) in [5, 5.41) is 0. The number of carbonyl (C=O) groups is 1. The number of hydrogen-bond donors (Lipinski definition) is 0. The van der Waals surface area contributed by atoms with Crippen LogP contribution in [0.2, 0.25) is 0 Å². The van der Waals surface area contributed by atoms with Crippen LogP contribution in [0.15, 0.2) is 30.3 Å². The van der Waals surface area contributed by atoms with Crippen LogP contribution < -0.4 is 0 Å². The van der Waals surface area contributed by atoms with Crippen molar-refractivity contribution in [2.75, 3.05) is 13.7 Å². The van der Waals surface area contributed by atoms with Crippen molar-refractivity contribution >= 4 is 5.91 Å². The van der Waals surface area contributed by atoms with E-state index in [0.29, 0.717) is 6.54 Å². The predicted octanol–water partition coefficient (Wildman–Crippen LogP) is 1.43. The minimum Gasteiger partial charge on any atom is -0.372 e. The van der Waals surface area contributed by atoms with E-state index in [1.54, 1.807) is 7.11 Å². The first-order chi connectivity index (χ1) is 7.31. The third-order valence-corrected chi connectivity index (χ3v) is 2.75. The number of methoxy groups -OCH3 is 1. The molecule has 1 unspecified atom stereocenters. The largest absolute Gasteiger partial charge is 0.372 e. The fourth-order valence-corrected chi connectivity index (χ4v) is 1.89. The molecule has 1 saturated heterocycles. The molecule has 2 rings (SSSR count). The molecule has 3 nitrogen and oxygen atoms in total. The summed E-state index contributed by atoms with van der Waals surface area (Å²) >= 11 is 0. The second-order valence-electron chi connectivity index (χ2n) is 3.76. The molecule has 0 radical (unpaired) electrons. The van der Waals surface area contributed by atoms with Gasteiger partial charge in [-0.1, -0.05) is 30.3 Å². The van der Waals surface area contributed by atoms with E-state index in [-0.39, 0.29) is 12.0 Å². The van der Waals surface area contributed by atoms with E-state index >= 15 is 0 Å². The van der Waals surface area contributed by atoms with Crippen LogP contribution in [0.5, 0.6) is 0 Å². The van der Waals surface area contributed by atoms with E-state index in [0.717, 1.165) is 13.0 Å². The van der Waals surface area contributed by atoms with Gasteiger partial charge in [-0.05, 0) is 5.56 Å². The van der Waals surface area contributed by atoms with Gasteiger partial charge in [-0.15, -0.1) is 0 Å². The molecule has 80 valence electrons. The van der Waals surface area contributed by atoms with Crippen molar-refractivity contribution in [1.82, 2.24) is 4.90 Å². The van der Waals surface area contributed by atoms with Gasteiger partial charge in [-0.25, -0.2) is 0 Å². The van der Waals surface area contributed by atoms with Crippen LogP contribution in [0.3, 0.4) is 0 Å². The molecule has 0 aliphatic carbocycles. The van der Waals surface area contributed by atoms with Gasteiger partial charge in [0.05, 0.1) is 0 Å². The Morgan fingerprint density at radius 2 is 2.13 bits per heavy atom. The van der Waals surface area contributed by atoms with Crippen LogP contribution in [0.25, 0.3) is 0 Å². The number of carbonyl (C=O) groups excluding carboxylic acids is 1. The monoisotopic (exact) mass is 205 g/mol. The maximum atomic E-state index is 11.7. The fraction of sp³-hybridized carbons (Fsp3) is 0.417. The molecule has 15 heavy (non-hydrogen) atoms. The van der Waals surface area contributed by atoms with Crippen LogP contribution in [-0.4, -0.2) is 30.6 Å². The molecule has 0 spiro atoms. The number of ether oxygens (including phenoxy) is 1. The van der Waals surface area contributed by atoms with Gasteiger partial charge in [0.2, 0.25) is 0 Å². The maximum Gasteiger partial charge on any atom is 0.252 e. The molecule has 0 bridgehead atoms. The van der Waals surface area contributed by atoms with Crippen LogP contribution >= 0.6 is 0 Å². The van der Waals surface area contributed by atoms with Crippen molar-refractivity contribution in [1.29, 1.82) is 0 Å². The van der Waals surface area contributed by atoms with E-state index in [1.165, 1.54) is 5.56 Å². The van der Waals surface area contributed by atoms with Crippen LogP contribution in [0, 0.1) is 0 Å². The Bertz CT molecular complexity index is 337. The minimum absolute atomic E-state index is 0.112. The van der Waals surface area contributed by atoms with Gasteiger partial charge in [0.15, 0.2) is 0 Å². The van der Waals surface area contributed by atoms with Gasteiger partial charge in [0, 0.05) is 26.6 Å². The van der Waals surface area contributed by atoms with Gasteiger partial charge in [0.1, 0.15) is 6.10 Å². The number of benzene rings is 1. The van der Waals surface area contributed by atoms with Gasteiger partial charge in [0.25, 0.3) is 5.91 Å². The van der Waals surface area contributed by atoms with Crippen molar-refractivity contribution in [3.05, 3.63) is 35.9 Å².